The van der Waals surface area contributed by atoms with E-state index in [4.69, 9.17) is 0 Å². The van der Waals surface area contributed by atoms with Gasteiger partial charge in [-0.05, 0) is 0 Å². The number of thiol groups is 1. The van der Waals surface area contributed by atoms with Crippen LogP contribution in [-0.4, -0.2) is 9.28 Å². The van der Waals surface area contributed by atoms with E-state index >= 15 is 0 Å². The highest BCUT2D eigenvalue weighted by molar-refractivity contribution is 8.41. The summed E-state index contributed by atoms with van der Waals surface area (Å²) in [5.74, 6) is 0.863. The maximum atomic E-state index is 4.64. The van der Waals surface area contributed by atoms with Gasteiger partial charge in [-0.1, -0.05) is 18.3 Å². The third-order valence-corrected chi connectivity index (χ3v) is 1.71. The lowest BCUT2D eigenvalue weighted by Crippen LogP contribution is -1.72. The van der Waals surface area contributed by atoms with Crippen LogP contribution in [0.2, 0.25) is 0 Å². The molecule has 0 fully saturated rings. The lowest BCUT2D eigenvalue weighted by molar-refractivity contribution is 1.84. The third kappa shape index (κ3) is 6.53. The van der Waals surface area contributed by atoms with Crippen molar-refractivity contribution in [2.45, 2.75) is 0 Å². The van der Waals surface area contributed by atoms with Gasteiger partial charge in [-0.2, -0.15) is 0 Å². The van der Waals surface area contributed by atoms with E-state index in [0.717, 1.165) is 5.75 Å². The van der Waals surface area contributed by atoms with E-state index in [2.05, 4.69) is 31.4 Å². The van der Waals surface area contributed by atoms with Gasteiger partial charge in [0.05, 0.1) is 0 Å². The van der Waals surface area contributed by atoms with Crippen LogP contribution in [0.1, 0.15) is 0 Å². The molecule has 0 radical (unpaired) electrons. The smallest absolute Gasteiger partial charge is 0.101 e. The van der Waals surface area contributed by atoms with E-state index in [1.165, 1.54) is 11.8 Å². The predicted octanol–water partition coefficient (Wildman–Crippen LogP) is 2.12. The lowest BCUT2D eigenvalue weighted by Gasteiger charge is -1.85. The van der Waals surface area contributed by atoms with Gasteiger partial charge in [0.25, 0.3) is 0 Å². The zero-order valence-electron chi connectivity index (χ0n) is 3.76. The van der Waals surface area contributed by atoms with Crippen LogP contribution in [0.3, 0.4) is 0 Å². The Hall–Kier alpha value is 0.530. The van der Waals surface area contributed by atoms with E-state index in [0.29, 0.717) is 3.53 Å². The molecule has 3 heteroatoms. The maximum Gasteiger partial charge on any atom is 0.101 e. The first-order chi connectivity index (χ1) is 3.27. The topological polar surface area (TPSA) is 0 Å². The van der Waals surface area contributed by atoms with Crippen LogP contribution in [0.5, 0.6) is 0 Å². The number of hydrogen-bond acceptors (Lipinski definition) is 2. The van der Waals surface area contributed by atoms with Gasteiger partial charge >= 0.3 is 0 Å². The van der Waals surface area contributed by atoms with Crippen LogP contribution in [-0.2, 0) is 0 Å². The Labute approximate surface area is 58.8 Å². The summed E-state index contributed by atoms with van der Waals surface area (Å²) in [4.78, 5) is 0. The van der Waals surface area contributed by atoms with Crippen LogP contribution in [0.15, 0.2) is 12.7 Å². The van der Waals surface area contributed by atoms with Crippen LogP contribution in [0.25, 0.3) is 0 Å². The SMILES string of the molecule is C=CCSC(=S)S. The molecule has 0 nitrogen and oxygen atoms in total. The molecular weight excluding hydrogens is 144 g/mol. The molecule has 0 aromatic heterocycles. The van der Waals surface area contributed by atoms with Crippen molar-refractivity contribution in [3.63, 3.8) is 0 Å². The van der Waals surface area contributed by atoms with Crippen molar-refractivity contribution in [1.82, 2.24) is 0 Å². The number of rotatable bonds is 2. The zero-order valence-corrected chi connectivity index (χ0v) is 6.28. The van der Waals surface area contributed by atoms with Gasteiger partial charge in [-0.15, -0.1) is 31.0 Å². The molecule has 0 N–H and O–H groups in total. The first kappa shape index (κ1) is 7.53. The highest BCUT2D eigenvalue weighted by atomic mass is 32.2. The molecule has 0 aliphatic carbocycles. The molecule has 0 saturated carbocycles. The van der Waals surface area contributed by atoms with Crippen molar-refractivity contribution in [3.05, 3.63) is 12.7 Å². The molecule has 0 rings (SSSR count). The summed E-state index contributed by atoms with van der Waals surface area (Å²) in [5.41, 5.74) is 0. The fraction of sp³-hybridized carbons (Fsp3) is 0.250. The van der Waals surface area contributed by atoms with E-state index in [-0.39, 0.29) is 0 Å². The molecule has 0 saturated heterocycles. The maximum absolute atomic E-state index is 4.64. The first-order valence-corrected chi connectivity index (χ1v) is 3.58. The largest absolute Gasteiger partial charge is 0.125 e. The van der Waals surface area contributed by atoms with E-state index in [1.54, 1.807) is 6.08 Å². The fourth-order valence-corrected chi connectivity index (χ4v) is 0.818. The highest BCUT2D eigenvalue weighted by Crippen LogP contribution is 2.05. The molecule has 0 aromatic carbocycles. The Morgan fingerprint density at radius 3 is 2.71 bits per heavy atom. The van der Waals surface area contributed by atoms with E-state index in [9.17, 15) is 0 Å². The average Bonchev–Trinajstić information content (AvgIpc) is 1.61. The predicted molar refractivity (Wildman–Crippen MR) is 44.2 cm³/mol. The van der Waals surface area contributed by atoms with Gasteiger partial charge in [0.2, 0.25) is 0 Å². The molecule has 0 spiro atoms. The van der Waals surface area contributed by atoms with Gasteiger partial charge in [-0.3, -0.25) is 0 Å². The van der Waals surface area contributed by atoms with Gasteiger partial charge in [0.15, 0.2) is 0 Å². The van der Waals surface area contributed by atoms with Gasteiger partial charge in [0.1, 0.15) is 3.53 Å². The first-order valence-electron chi connectivity index (χ1n) is 1.74. The number of thiocarbonyl (C=S) groups is 1. The molecule has 40 valence electrons. The summed E-state index contributed by atoms with van der Waals surface area (Å²) in [6, 6.07) is 0. The molecule has 0 aromatic rings. The van der Waals surface area contributed by atoms with Crippen molar-refractivity contribution in [2.75, 3.05) is 5.75 Å². The Morgan fingerprint density at radius 1 is 2.00 bits per heavy atom. The summed E-state index contributed by atoms with van der Waals surface area (Å²) in [6.07, 6.45) is 1.80. The Balaban J connectivity index is 2.97. The Morgan fingerprint density at radius 2 is 2.57 bits per heavy atom. The monoisotopic (exact) mass is 150 g/mol. The van der Waals surface area contributed by atoms with Crippen molar-refractivity contribution in [1.29, 1.82) is 0 Å². The second-order valence-corrected chi connectivity index (χ2v) is 3.61. The molecule has 0 bridgehead atoms. The second-order valence-electron chi connectivity index (χ2n) is 0.866. The number of thioether (sulfide) groups is 1. The van der Waals surface area contributed by atoms with Crippen molar-refractivity contribution >= 4 is 40.1 Å². The average molecular weight is 150 g/mol. The Kier molecular flexibility index (Phi) is 5.04. The molecule has 0 aliphatic rings. The zero-order chi connectivity index (χ0) is 5.70. The summed E-state index contributed by atoms with van der Waals surface area (Å²) in [6.45, 7) is 3.52. The standard InChI is InChI=1S/C4H6S3/c1-2-3-7-4(5)6/h2H,1,3H2,(H,5,6). The van der Waals surface area contributed by atoms with Gasteiger partial charge < -0.3 is 0 Å². The summed E-state index contributed by atoms with van der Waals surface area (Å²) in [7, 11) is 0. The molecule has 7 heavy (non-hydrogen) atoms. The summed E-state index contributed by atoms with van der Waals surface area (Å²) < 4.78 is 0.680. The third-order valence-electron chi connectivity index (χ3n) is 0.325. The van der Waals surface area contributed by atoms with Gasteiger partial charge in [0, 0.05) is 5.75 Å². The lowest BCUT2D eigenvalue weighted by atomic mass is 10.8. The molecule has 0 heterocycles. The van der Waals surface area contributed by atoms with E-state index in [1.807, 2.05) is 0 Å². The second kappa shape index (κ2) is 4.68. The molecule has 0 aliphatic heterocycles. The molecule has 0 unspecified atom stereocenters. The van der Waals surface area contributed by atoms with Crippen LogP contribution in [0, 0.1) is 0 Å². The van der Waals surface area contributed by atoms with Gasteiger partial charge in [-0.25, -0.2) is 0 Å². The van der Waals surface area contributed by atoms with Crippen molar-refractivity contribution in [3.8, 4) is 0 Å². The van der Waals surface area contributed by atoms with Crippen molar-refractivity contribution < 1.29 is 0 Å². The highest BCUT2D eigenvalue weighted by Gasteiger charge is 1.82. The van der Waals surface area contributed by atoms with E-state index < -0.39 is 0 Å². The normalized spacial score (nSPS) is 8.14. The molecular formula is C4H6S3. The quantitative estimate of drug-likeness (QED) is 0.364. The number of hydrogen-bond donors (Lipinski definition) is 1. The summed E-state index contributed by atoms with van der Waals surface area (Å²) >= 11 is 10.0. The molecule has 0 atom stereocenters. The minimum atomic E-state index is 0.680. The molecule has 0 amide bonds. The minimum Gasteiger partial charge on any atom is -0.125 e. The van der Waals surface area contributed by atoms with Crippen molar-refractivity contribution in [2.24, 2.45) is 0 Å². The van der Waals surface area contributed by atoms with Crippen LogP contribution >= 0.6 is 36.6 Å². The minimum absolute atomic E-state index is 0.680. The fourth-order valence-electron chi connectivity index (χ4n) is 0.130. The van der Waals surface area contributed by atoms with Crippen LogP contribution < -0.4 is 0 Å². The van der Waals surface area contributed by atoms with Crippen LogP contribution in [0.4, 0.5) is 0 Å². The summed E-state index contributed by atoms with van der Waals surface area (Å²) in [5, 5.41) is 0. The Bertz CT molecular complexity index is 77.0.